The Hall–Kier alpha value is -2.93. The monoisotopic (exact) mass is 463 g/mol. The maximum Gasteiger partial charge on any atom is 0.271 e. The number of carbonyl (C=O) groups is 1. The van der Waals surface area contributed by atoms with Gasteiger partial charge in [-0.2, -0.15) is 0 Å². The SMILES string of the molecule is CCc1cc(-c2c[nH]c(=O)c(N(CC3CC3)[C@H]3CCCN(C(=O)/C=C/CN(C)C)C3)c2)ccn1. The highest BCUT2D eigenvalue weighted by Gasteiger charge is 2.33. The Balaban J connectivity index is 1.58. The summed E-state index contributed by atoms with van der Waals surface area (Å²) < 4.78 is 0. The molecule has 0 unspecified atom stereocenters. The highest BCUT2D eigenvalue weighted by molar-refractivity contribution is 5.87. The van der Waals surface area contributed by atoms with E-state index >= 15 is 0 Å². The normalized spacial score (nSPS) is 18.6. The number of nitrogens with one attached hydrogen (secondary N) is 1. The predicted molar refractivity (Wildman–Crippen MR) is 137 cm³/mol. The van der Waals surface area contributed by atoms with Crippen LogP contribution in [0.3, 0.4) is 0 Å². The topological polar surface area (TPSA) is 72.5 Å². The highest BCUT2D eigenvalue weighted by atomic mass is 16.2. The molecule has 182 valence electrons. The van der Waals surface area contributed by atoms with Crippen molar-refractivity contribution in [1.82, 2.24) is 19.8 Å². The van der Waals surface area contributed by atoms with Crippen molar-refractivity contribution < 1.29 is 4.79 Å². The van der Waals surface area contributed by atoms with Crippen LogP contribution in [0.15, 0.2) is 47.5 Å². The summed E-state index contributed by atoms with van der Waals surface area (Å²) in [6, 6.07) is 6.24. The lowest BCUT2D eigenvalue weighted by Crippen LogP contribution is -2.51. The average Bonchev–Trinajstić information content (AvgIpc) is 3.67. The molecular formula is C27H37N5O2. The predicted octanol–water partition coefficient (Wildman–Crippen LogP) is 3.32. The minimum absolute atomic E-state index is 0.0597. The summed E-state index contributed by atoms with van der Waals surface area (Å²) in [5.41, 5.74) is 3.72. The summed E-state index contributed by atoms with van der Waals surface area (Å²) in [4.78, 5) is 39.5. The largest absolute Gasteiger partial charge is 0.362 e. The number of anilines is 1. The van der Waals surface area contributed by atoms with E-state index in [4.69, 9.17) is 0 Å². The molecule has 1 amide bonds. The summed E-state index contributed by atoms with van der Waals surface area (Å²) >= 11 is 0. The fourth-order valence-electron chi connectivity index (χ4n) is 4.60. The number of aromatic amines is 1. The first-order valence-corrected chi connectivity index (χ1v) is 12.5. The van der Waals surface area contributed by atoms with Gasteiger partial charge in [-0.25, -0.2) is 0 Å². The first kappa shape index (κ1) is 24.2. The number of hydrogen-bond donors (Lipinski definition) is 1. The molecule has 1 aliphatic heterocycles. The number of hydrogen-bond acceptors (Lipinski definition) is 5. The van der Waals surface area contributed by atoms with Crippen LogP contribution in [0.25, 0.3) is 11.1 Å². The van der Waals surface area contributed by atoms with Crippen molar-refractivity contribution in [3.8, 4) is 11.1 Å². The van der Waals surface area contributed by atoms with Crippen LogP contribution >= 0.6 is 0 Å². The quantitative estimate of drug-likeness (QED) is 0.578. The third-order valence-corrected chi connectivity index (χ3v) is 6.74. The smallest absolute Gasteiger partial charge is 0.271 e. The molecule has 0 spiro atoms. The van der Waals surface area contributed by atoms with Crippen LogP contribution in [0.4, 0.5) is 5.69 Å². The molecule has 3 heterocycles. The summed E-state index contributed by atoms with van der Waals surface area (Å²) in [5.74, 6) is 0.686. The van der Waals surface area contributed by atoms with Crippen LogP contribution in [0.5, 0.6) is 0 Å². The highest BCUT2D eigenvalue weighted by Crippen LogP contribution is 2.34. The van der Waals surface area contributed by atoms with Crippen LogP contribution in [0, 0.1) is 5.92 Å². The van der Waals surface area contributed by atoms with E-state index < -0.39 is 0 Å². The van der Waals surface area contributed by atoms with E-state index in [1.165, 1.54) is 12.8 Å². The molecule has 2 fully saturated rings. The van der Waals surface area contributed by atoms with Gasteiger partial charge in [-0.3, -0.25) is 14.6 Å². The van der Waals surface area contributed by atoms with Gasteiger partial charge < -0.3 is 19.7 Å². The van der Waals surface area contributed by atoms with Crippen molar-refractivity contribution in [2.24, 2.45) is 5.92 Å². The van der Waals surface area contributed by atoms with Gasteiger partial charge in [-0.1, -0.05) is 13.0 Å². The molecule has 0 radical (unpaired) electrons. The summed E-state index contributed by atoms with van der Waals surface area (Å²) in [6.07, 6.45) is 12.4. The van der Waals surface area contributed by atoms with Gasteiger partial charge in [0.05, 0.1) is 0 Å². The number of pyridine rings is 2. The van der Waals surface area contributed by atoms with E-state index in [2.05, 4.69) is 27.9 Å². The molecule has 2 aromatic heterocycles. The van der Waals surface area contributed by atoms with Gasteiger partial charge in [-0.15, -0.1) is 0 Å². The fraction of sp³-hybridized carbons (Fsp3) is 0.519. The van der Waals surface area contributed by atoms with E-state index in [0.29, 0.717) is 18.2 Å². The third kappa shape index (κ3) is 6.14. The molecule has 2 aromatic rings. The number of amides is 1. The number of piperidine rings is 1. The van der Waals surface area contributed by atoms with Crippen LogP contribution in [-0.4, -0.2) is 72.0 Å². The second-order valence-electron chi connectivity index (χ2n) is 9.83. The second-order valence-corrected chi connectivity index (χ2v) is 9.83. The summed E-state index contributed by atoms with van der Waals surface area (Å²) in [6.45, 7) is 5.12. The van der Waals surface area contributed by atoms with Crippen molar-refractivity contribution >= 4 is 11.6 Å². The Morgan fingerprint density at radius 3 is 2.79 bits per heavy atom. The van der Waals surface area contributed by atoms with E-state index in [-0.39, 0.29) is 17.5 Å². The third-order valence-electron chi connectivity index (χ3n) is 6.74. The number of aromatic nitrogens is 2. The van der Waals surface area contributed by atoms with E-state index in [1.807, 2.05) is 48.3 Å². The van der Waals surface area contributed by atoms with Gasteiger partial charge in [0.15, 0.2) is 0 Å². The zero-order valence-electron chi connectivity index (χ0n) is 20.7. The van der Waals surface area contributed by atoms with Gasteiger partial charge >= 0.3 is 0 Å². The van der Waals surface area contributed by atoms with Crippen LogP contribution in [-0.2, 0) is 11.2 Å². The summed E-state index contributed by atoms with van der Waals surface area (Å²) in [7, 11) is 3.98. The Morgan fingerprint density at radius 1 is 1.24 bits per heavy atom. The standard InChI is InChI=1S/C27H37N5O2/c1-4-23-15-21(11-12-28-23)22-16-25(27(34)29-17-22)32(18-20-9-10-20)24-7-5-14-31(19-24)26(33)8-6-13-30(2)3/h6,8,11-12,15-17,20,24H,4-5,7,9-10,13-14,18-19H2,1-3H3,(H,29,34)/b8-6+/t24-/m0/s1. The molecule has 7 nitrogen and oxygen atoms in total. The maximum absolute atomic E-state index is 13.0. The van der Waals surface area contributed by atoms with E-state index in [9.17, 15) is 9.59 Å². The lowest BCUT2D eigenvalue weighted by molar-refractivity contribution is -0.127. The minimum atomic E-state index is -0.0662. The molecule has 1 N–H and O–H groups in total. The maximum atomic E-state index is 13.0. The number of likely N-dealkylation sites (N-methyl/N-ethyl adjacent to an activating group) is 1. The molecule has 0 aromatic carbocycles. The molecule has 2 aliphatic rings. The van der Waals surface area contributed by atoms with Crippen molar-refractivity contribution in [3.63, 3.8) is 0 Å². The molecular weight excluding hydrogens is 426 g/mol. The molecule has 7 heteroatoms. The zero-order chi connectivity index (χ0) is 24.1. The lowest BCUT2D eigenvalue weighted by atomic mass is 10.0. The number of aryl methyl sites for hydroxylation is 1. The number of H-pyrrole nitrogens is 1. The van der Waals surface area contributed by atoms with Gasteiger partial charge in [-0.05, 0) is 75.9 Å². The molecule has 34 heavy (non-hydrogen) atoms. The van der Waals surface area contributed by atoms with Crippen LogP contribution in [0.2, 0.25) is 0 Å². The van der Waals surface area contributed by atoms with Gasteiger partial charge in [0.25, 0.3) is 5.56 Å². The van der Waals surface area contributed by atoms with E-state index in [1.54, 1.807) is 12.3 Å². The molecule has 4 rings (SSSR count). The number of rotatable bonds is 9. The zero-order valence-corrected chi connectivity index (χ0v) is 20.7. The fourth-order valence-corrected chi connectivity index (χ4v) is 4.60. The molecule has 1 saturated heterocycles. The average molecular weight is 464 g/mol. The second kappa shape index (κ2) is 11.0. The Labute approximate surface area is 202 Å². The Bertz CT molecular complexity index is 1070. The van der Waals surface area contributed by atoms with E-state index in [0.717, 1.165) is 55.7 Å². The lowest BCUT2D eigenvalue weighted by Gasteiger charge is -2.40. The van der Waals surface area contributed by atoms with Gasteiger partial charge in [0, 0.05) is 61.9 Å². The first-order chi connectivity index (χ1) is 16.4. The Morgan fingerprint density at radius 2 is 2.06 bits per heavy atom. The molecule has 1 atom stereocenters. The van der Waals surface area contributed by atoms with Crippen molar-refractivity contribution in [1.29, 1.82) is 0 Å². The van der Waals surface area contributed by atoms with Crippen molar-refractivity contribution in [3.05, 3.63) is 58.8 Å². The molecule has 0 bridgehead atoms. The van der Waals surface area contributed by atoms with Crippen LogP contribution < -0.4 is 10.5 Å². The first-order valence-electron chi connectivity index (χ1n) is 12.5. The summed E-state index contributed by atoms with van der Waals surface area (Å²) in [5, 5.41) is 0. The Kier molecular flexibility index (Phi) is 7.83. The molecule has 1 aliphatic carbocycles. The van der Waals surface area contributed by atoms with Crippen molar-refractivity contribution in [2.75, 3.05) is 45.2 Å². The van der Waals surface area contributed by atoms with Crippen molar-refractivity contribution in [2.45, 2.75) is 45.1 Å². The number of likely N-dealkylation sites (tertiary alicyclic amines) is 1. The number of carbonyl (C=O) groups excluding carboxylic acids is 1. The van der Waals surface area contributed by atoms with Gasteiger partial charge in [0.1, 0.15) is 5.69 Å². The van der Waals surface area contributed by atoms with Gasteiger partial charge in [0.2, 0.25) is 5.91 Å². The van der Waals surface area contributed by atoms with Crippen LogP contribution in [0.1, 0.15) is 38.3 Å². The minimum Gasteiger partial charge on any atom is -0.362 e. The number of nitrogens with zero attached hydrogens (tertiary/aromatic N) is 4. The molecule has 1 saturated carbocycles.